The van der Waals surface area contributed by atoms with Crippen LogP contribution in [0.3, 0.4) is 0 Å². The maximum Gasteiger partial charge on any atom is 0.416 e. The fourth-order valence-electron chi connectivity index (χ4n) is 1.72. The van der Waals surface area contributed by atoms with Gasteiger partial charge in [-0.2, -0.15) is 23.1 Å². The second kappa shape index (κ2) is 7.19. The zero-order chi connectivity index (χ0) is 18.7. The molecule has 136 valence electrons. The van der Waals surface area contributed by atoms with E-state index < -0.39 is 33.2 Å². The van der Waals surface area contributed by atoms with Crippen molar-refractivity contribution >= 4 is 10.0 Å². The number of alkyl halides is 3. The van der Waals surface area contributed by atoms with Gasteiger partial charge in [0.05, 0.1) is 31.2 Å². The molecule has 0 spiro atoms. The average Bonchev–Trinajstić information content (AvgIpc) is 2.59. The minimum atomic E-state index is -4.65. The van der Waals surface area contributed by atoms with E-state index in [1.165, 1.54) is 14.2 Å². The average molecular weight is 378 g/mol. The second-order valence-electron chi connectivity index (χ2n) is 4.58. The Balaban J connectivity index is 2.23. The first-order valence-electron chi connectivity index (χ1n) is 6.65. The number of nitrogens with zero attached hydrogens (tertiary/aromatic N) is 3. The fourth-order valence-corrected chi connectivity index (χ4v) is 2.75. The molecule has 0 saturated carbocycles. The third kappa shape index (κ3) is 4.76. The molecular weight excluding hydrogens is 365 g/mol. The van der Waals surface area contributed by atoms with Gasteiger partial charge in [0.25, 0.3) is 0 Å². The number of benzene rings is 1. The van der Waals surface area contributed by atoms with Gasteiger partial charge in [-0.15, -0.1) is 4.98 Å². The Morgan fingerprint density at radius 3 is 2.20 bits per heavy atom. The number of halogens is 3. The van der Waals surface area contributed by atoms with Gasteiger partial charge in [-0.1, -0.05) is 6.07 Å². The summed E-state index contributed by atoms with van der Waals surface area (Å²) in [5, 5.41) is 0. The molecule has 0 radical (unpaired) electrons. The Hall–Kier alpha value is -2.47. The Kier molecular flexibility index (Phi) is 5.42. The van der Waals surface area contributed by atoms with Crippen LogP contribution < -0.4 is 14.2 Å². The second-order valence-corrected chi connectivity index (χ2v) is 6.34. The lowest BCUT2D eigenvalue weighted by molar-refractivity contribution is -0.137. The summed E-state index contributed by atoms with van der Waals surface area (Å²) >= 11 is 0. The Morgan fingerprint density at radius 2 is 1.68 bits per heavy atom. The minimum absolute atomic E-state index is 0.0285. The van der Waals surface area contributed by atoms with Crippen molar-refractivity contribution in [1.29, 1.82) is 0 Å². The molecule has 2 aromatic rings. The highest BCUT2D eigenvalue weighted by Gasteiger charge is 2.31. The molecule has 0 unspecified atom stereocenters. The molecule has 0 bridgehead atoms. The molecule has 0 fully saturated rings. The van der Waals surface area contributed by atoms with Crippen molar-refractivity contribution in [3.05, 3.63) is 35.7 Å². The number of hydrogen-bond donors (Lipinski definition) is 1. The first-order chi connectivity index (χ1) is 11.7. The van der Waals surface area contributed by atoms with Crippen LogP contribution >= 0.6 is 0 Å². The van der Waals surface area contributed by atoms with Crippen molar-refractivity contribution in [2.75, 3.05) is 14.2 Å². The van der Waals surface area contributed by atoms with E-state index in [1.807, 2.05) is 0 Å². The predicted molar refractivity (Wildman–Crippen MR) is 78.4 cm³/mol. The maximum atomic E-state index is 12.7. The van der Waals surface area contributed by atoms with Crippen LogP contribution in [0.1, 0.15) is 11.4 Å². The third-order valence-electron chi connectivity index (χ3n) is 2.90. The number of nitrogens with one attached hydrogen (secondary N) is 1. The summed E-state index contributed by atoms with van der Waals surface area (Å²) in [7, 11) is -1.62. The van der Waals surface area contributed by atoms with Crippen LogP contribution in [0.15, 0.2) is 29.2 Å². The van der Waals surface area contributed by atoms with Crippen LogP contribution in [-0.4, -0.2) is 37.6 Å². The summed E-state index contributed by atoms with van der Waals surface area (Å²) in [6.07, 6.45) is -4.65. The lowest BCUT2D eigenvalue weighted by atomic mass is 10.2. The van der Waals surface area contributed by atoms with Gasteiger partial charge < -0.3 is 9.47 Å². The smallest absolute Gasteiger partial charge is 0.416 e. The zero-order valence-electron chi connectivity index (χ0n) is 13.0. The number of methoxy groups -OCH3 is 2. The summed E-state index contributed by atoms with van der Waals surface area (Å²) in [6.45, 7) is -0.395. The van der Waals surface area contributed by atoms with Gasteiger partial charge in [0.2, 0.25) is 10.0 Å². The SMILES string of the molecule is COc1nc(CNS(=O)(=O)c2cccc(C(F)(F)F)c2)nc(OC)n1. The summed E-state index contributed by atoms with van der Waals surface area (Å²) in [4.78, 5) is 10.9. The number of sulfonamides is 1. The molecule has 12 heteroatoms. The van der Waals surface area contributed by atoms with Gasteiger partial charge in [-0.05, 0) is 18.2 Å². The van der Waals surface area contributed by atoms with Gasteiger partial charge >= 0.3 is 18.2 Å². The maximum absolute atomic E-state index is 12.7. The van der Waals surface area contributed by atoms with E-state index in [1.54, 1.807) is 0 Å². The molecule has 0 aliphatic rings. The van der Waals surface area contributed by atoms with Gasteiger partial charge in [-0.25, -0.2) is 13.1 Å². The molecule has 0 saturated heterocycles. The molecule has 1 aromatic carbocycles. The van der Waals surface area contributed by atoms with E-state index in [2.05, 4.69) is 19.7 Å². The highest BCUT2D eigenvalue weighted by atomic mass is 32.2. The lowest BCUT2D eigenvalue weighted by Gasteiger charge is -2.10. The molecule has 0 amide bonds. The van der Waals surface area contributed by atoms with E-state index >= 15 is 0 Å². The highest BCUT2D eigenvalue weighted by molar-refractivity contribution is 7.89. The van der Waals surface area contributed by atoms with Gasteiger partial charge in [0, 0.05) is 0 Å². The summed E-state index contributed by atoms with van der Waals surface area (Å²) < 4.78 is 74.2. The third-order valence-corrected chi connectivity index (χ3v) is 4.30. The number of aromatic nitrogens is 3. The topological polar surface area (TPSA) is 103 Å². The molecule has 1 heterocycles. The molecule has 1 N–H and O–H groups in total. The number of rotatable bonds is 6. The Morgan fingerprint density at radius 1 is 1.08 bits per heavy atom. The molecule has 25 heavy (non-hydrogen) atoms. The lowest BCUT2D eigenvalue weighted by Crippen LogP contribution is -2.25. The van der Waals surface area contributed by atoms with Crippen molar-refractivity contribution in [2.45, 2.75) is 17.6 Å². The highest BCUT2D eigenvalue weighted by Crippen LogP contribution is 2.30. The van der Waals surface area contributed by atoms with Gasteiger partial charge in [-0.3, -0.25) is 0 Å². The molecular formula is C13H13F3N4O4S. The predicted octanol–water partition coefficient (Wildman–Crippen LogP) is 1.39. The normalized spacial score (nSPS) is 12.0. The van der Waals surface area contributed by atoms with Gasteiger partial charge in [0.1, 0.15) is 0 Å². The monoisotopic (exact) mass is 378 g/mol. The van der Waals surface area contributed by atoms with Crippen LogP contribution in [0, 0.1) is 0 Å². The number of ether oxygens (including phenoxy) is 2. The number of hydrogen-bond acceptors (Lipinski definition) is 7. The van der Waals surface area contributed by atoms with E-state index in [0.717, 1.165) is 18.2 Å². The first kappa shape index (κ1) is 18.9. The van der Waals surface area contributed by atoms with E-state index in [9.17, 15) is 21.6 Å². The molecule has 8 nitrogen and oxygen atoms in total. The van der Waals surface area contributed by atoms with Crippen molar-refractivity contribution in [3.8, 4) is 12.0 Å². The quantitative estimate of drug-likeness (QED) is 0.810. The van der Waals surface area contributed by atoms with Crippen molar-refractivity contribution in [2.24, 2.45) is 0 Å². The van der Waals surface area contributed by atoms with Crippen LogP contribution in [-0.2, 0) is 22.7 Å². The standard InChI is InChI=1S/C13H13F3N4O4S/c1-23-11-18-10(19-12(20-11)24-2)7-17-25(21,22)9-5-3-4-8(6-9)13(14,15)16/h3-6,17H,7H2,1-2H3. The van der Waals surface area contributed by atoms with Crippen LogP contribution in [0.2, 0.25) is 0 Å². The molecule has 2 rings (SSSR count). The summed E-state index contributed by atoms with van der Waals surface area (Å²) in [6, 6.07) is 3.18. The molecule has 0 atom stereocenters. The Bertz CT molecular complexity index is 836. The zero-order valence-corrected chi connectivity index (χ0v) is 13.8. The molecule has 1 aromatic heterocycles. The van der Waals surface area contributed by atoms with Gasteiger partial charge in [0.15, 0.2) is 5.82 Å². The first-order valence-corrected chi connectivity index (χ1v) is 8.14. The van der Waals surface area contributed by atoms with Crippen LogP contribution in [0.25, 0.3) is 0 Å². The van der Waals surface area contributed by atoms with Crippen molar-refractivity contribution < 1.29 is 31.1 Å². The minimum Gasteiger partial charge on any atom is -0.467 e. The summed E-state index contributed by atoms with van der Waals surface area (Å²) in [5.74, 6) is -0.0285. The van der Waals surface area contributed by atoms with Crippen LogP contribution in [0.5, 0.6) is 12.0 Å². The molecule has 0 aliphatic heterocycles. The van der Waals surface area contributed by atoms with Crippen LogP contribution in [0.4, 0.5) is 13.2 Å². The summed E-state index contributed by atoms with van der Waals surface area (Å²) in [5.41, 5.74) is -1.07. The van der Waals surface area contributed by atoms with E-state index in [0.29, 0.717) is 6.07 Å². The van der Waals surface area contributed by atoms with Crippen molar-refractivity contribution in [1.82, 2.24) is 19.7 Å². The Labute approximate surface area is 141 Å². The van der Waals surface area contributed by atoms with E-state index in [-0.39, 0.29) is 17.8 Å². The van der Waals surface area contributed by atoms with E-state index in [4.69, 9.17) is 9.47 Å². The fraction of sp³-hybridized carbons (Fsp3) is 0.308. The largest absolute Gasteiger partial charge is 0.467 e. The molecule has 0 aliphatic carbocycles. The van der Waals surface area contributed by atoms with Crippen molar-refractivity contribution in [3.63, 3.8) is 0 Å².